The fourth-order valence-corrected chi connectivity index (χ4v) is 4.77. The van der Waals surface area contributed by atoms with E-state index < -0.39 is 29.7 Å². The lowest BCUT2D eigenvalue weighted by atomic mass is 9.94. The predicted octanol–water partition coefficient (Wildman–Crippen LogP) is 3.67. The zero-order chi connectivity index (χ0) is 22.6. The monoisotopic (exact) mass is 457 g/mol. The molecule has 1 aliphatic carbocycles. The summed E-state index contributed by atoms with van der Waals surface area (Å²) in [4.78, 5) is 26.6. The molecule has 9 heteroatoms. The number of carbonyl (C=O) groups excluding carboxylic acids is 1. The lowest BCUT2D eigenvalue weighted by Gasteiger charge is -2.34. The summed E-state index contributed by atoms with van der Waals surface area (Å²) in [6, 6.07) is 9.76. The Morgan fingerprint density at radius 3 is 2.56 bits per heavy atom. The van der Waals surface area contributed by atoms with Gasteiger partial charge >= 0.3 is 5.97 Å². The molecule has 32 heavy (non-hydrogen) atoms. The highest BCUT2D eigenvalue weighted by atomic mass is 35.5. The Morgan fingerprint density at radius 2 is 1.88 bits per heavy atom. The Balaban J connectivity index is 1.60. The van der Waals surface area contributed by atoms with E-state index in [1.165, 1.54) is 12.1 Å². The summed E-state index contributed by atoms with van der Waals surface area (Å²) in [5.41, 5.74) is 1.52. The number of carboxylic acid groups (broad SMARTS) is 1. The number of rotatable bonds is 4. The average molecular weight is 458 g/mol. The van der Waals surface area contributed by atoms with Crippen molar-refractivity contribution >= 4 is 40.2 Å². The largest absolute Gasteiger partial charge is 0.481 e. The molecule has 3 aromatic rings. The number of aromatic nitrogens is 2. The summed E-state index contributed by atoms with van der Waals surface area (Å²) in [5.74, 6) is -2.48. The van der Waals surface area contributed by atoms with Crippen LogP contribution < -0.4 is 4.90 Å². The second-order valence-corrected chi connectivity index (χ2v) is 8.81. The minimum absolute atomic E-state index is 0.0228. The number of hydrogen-bond acceptors (Lipinski definition) is 5. The van der Waals surface area contributed by atoms with Crippen LogP contribution in [-0.4, -0.2) is 51.1 Å². The quantitative estimate of drug-likeness (QED) is 0.620. The Bertz CT molecular complexity index is 1240. The van der Waals surface area contributed by atoms with E-state index in [0.29, 0.717) is 16.1 Å². The van der Waals surface area contributed by atoms with E-state index in [-0.39, 0.29) is 36.6 Å². The highest BCUT2D eigenvalue weighted by Gasteiger charge is 2.36. The molecule has 2 aliphatic rings. The first-order valence-electron chi connectivity index (χ1n) is 10.5. The molecule has 7 nitrogen and oxygen atoms in total. The molecule has 1 saturated heterocycles. The smallest absolute Gasteiger partial charge is 0.309 e. The topological polar surface area (TPSA) is 95.7 Å². The van der Waals surface area contributed by atoms with Crippen LogP contribution in [0, 0.1) is 11.7 Å². The fraction of sp³-hybridized carbons (Fsp3) is 0.348. The number of benzene rings is 2. The molecule has 0 amide bonds. The number of piperidine rings is 1. The average Bonchev–Trinajstić information content (AvgIpc) is 3.53. The molecule has 1 saturated carbocycles. The van der Waals surface area contributed by atoms with E-state index in [1.807, 2.05) is 12.1 Å². The van der Waals surface area contributed by atoms with E-state index in [1.54, 1.807) is 17.0 Å². The Hall–Kier alpha value is -2.97. The summed E-state index contributed by atoms with van der Waals surface area (Å²) in [6.07, 6.45) is 1.02. The molecule has 0 radical (unpaired) electrons. The van der Waals surface area contributed by atoms with Crippen LogP contribution in [0.4, 0.5) is 10.2 Å². The summed E-state index contributed by atoms with van der Waals surface area (Å²) < 4.78 is 16.1. The lowest BCUT2D eigenvalue weighted by molar-refractivity contribution is -0.146. The minimum Gasteiger partial charge on any atom is -0.481 e. The second-order valence-electron chi connectivity index (χ2n) is 8.40. The Kier molecular flexibility index (Phi) is 5.14. The van der Waals surface area contributed by atoms with E-state index in [0.717, 1.165) is 23.1 Å². The molecule has 0 bridgehead atoms. The maximum atomic E-state index is 14.9. The van der Waals surface area contributed by atoms with Crippen LogP contribution in [-0.2, 0) is 4.79 Å². The minimum atomic E-state index is -1.13. The number of β-amino-alcohol motifs (C(OH)–C–C–N with tert-alkyl or cyclic N) is 1. The molecule has 1 aromatic heterocycles. The van der Waals surface area contributed by atoms with E-state index in [9.17, 15) is 24.2 Å². The van der Waals surface area contributed by atoms with Crippen molar-refractivity contribution < 1.29 is 24.2 Å². The maximum absolute atomic E-state index is 14.9. The van der Waals surface area contributed by atoms with Crippen LogP contribution in [0.3, 0.4) is 0 Å². The van der Waals surface area contributed by atoms with Crippen molar-refractivity contribution in [3.05, 3.63) is 58.4 Å². The van der Waals surface area contributed by atoms with Crippen molar-refractivity contribution in [1.29, 1.82) is 0 Å². The summed E-state index contributed by atoms with van der Waals surface area (Å²) in [7, 11) is 0. The van der Waals surface area contributed by atoms with Crippen LogP contribution >= 0.6 is 11.6 Å². The highest BCUT2D eigenvalue weighted by Crippen LogP contribution is 2.43. The number of fused-ring (bicyclic) bond motifs is 1. The Morgan fingerprint density at radius 1 is 1.12 bits per heavy atom. The molecule has 2 fully saturated rings. The van der Waals surface area contributed by atoms with Gasteiger partial charge in [0, 0.05) is 13.1 Å². The van der Waals surface area contributed by atoms with Crippen LogP contribution in [0.2, 0.25) is 5.02 Å². The molecule has 166 valence electrons. The van der Waals surface area contributed by atoms with Gasteiger partial charge in [-0.25, -0.2) is 4.39 Å². The van der Waals surface area contributed by atoms with Gasteiger partial charge in [0.15, 0.2) is 5.82 Å². The van der Waals surface area contributed by atoms with Gasteiger partial charge in [-0.15, -0.1) is 5.10 Å². The van der Waals surface area contributed by atoms with E-state index in [2.05, 4.69) is 5.10 Å². The second kappa shape index (κ2) is 7.86. The number of halogens is 2. The third-order valence-corrected chi connectivity index (χ3v) is 6.62. The van der Waals surface area contributed by atoms with Gasteiger partial charge in [-0.3, -0.25) is 9.59 Å². The zero-order valence-electron chi connectivity index (χ0n) is 17.0. The number of hydrogen-bond donors (Lipinski definition) is 2. The van der Waals surface area contributed by atoms with E-state index in [4.69, 9.17) is 11.6 Å². The summed E-state index contributed by atoms with van der Waals surface area (Å²) >= 11 is 6.41. The third kappa shape index (κ3) is 3.43. The van der Waals surface area contributed by atoms with Gasteiger partial charge in [0.2, 0.25) is 0 Å². The molecular formula is C23H21ClFN3O4. The van der Waals surface area contributed by atoms with Gasteiger partial charge < -0.3 is 15.1 Å². The highest BCUT2D eigenvalue weighted by molar-refractivity contribution is 6.34. The van der Waals surface area contributed by atoms with Gasteiger partial charge in [0.25, 0.3) is 5.91 Å². The van der Waals surface area contributed by atoms with Crippen molar-refractivity contribution in [2.24, 2.45) is 5.92 Å². The summed E-state index contributed by atoms with van der Waals surface area (Å²) in [5, 5.41) is 24.5. The van der Waals surface area contributed by atoms with Gasteiger partial charge in [-0.05, 0) is 48.9 Å². The van der Waals surface area contributed by atoms with Gasteiger partial charge in [0.1, 0.15) is 5.82 Å². The number of anilines is 1. The fourth-order valence-electron chi connectivity index (χ4n) is 4.50. The Labute approximate surface area is 188 Å². The predicted molar refractivity (Wildman–Crippen MR) is 117 cm³/mol. The van der Waals surface area contributed by atoms with Crippen LogP contribution in [0.25, 0.3) is 10.9 Å². The third-order valence-electron chi connectivity index (χ3n) is 6.31. The number of carbonyl (C=O) groups is 2. The number of aliphatic hydroxyl groups is 1. The molecule has 2 atom stereocenters. The van der Waals surface area contributed by atoms with Crippen molar-refractivity contribution in [3.8, 4) is 0 Å². The first kappa shape index (κ1) is 20.9. The molecule has 2 aromatic carbocycles. The van der Waals surface area contributed by atoms with Crippen molar-refractivity contribution in [2.45, 2.75) is 31.3 Å². The molecule has 5 rings (SSSR count). The summed E-state index contributed by atoms with van der Waals surface area (Å²) in [6.45, 7) is 0.243. The normalized spacial score (nSPS) is 21.2. The standard InChI is InChI=1S/C23H21ClFN3O4/c24-15-4-1-3-13(12-7-8-12)19(15)22(30)28-17-6-2-5-16(25)20(17)21(26-28)27-10-9-14(23(31)32)18(29)11-27/h1-6,12,14,18,29H,7-11H2,(H,31,32)/t14?,18-/m0/s1. The molecule has 2 N–H and O–H groups in total. The molecule has 0 spiro atoms. The van der Waals surface area contributed by atoms with Gasteiger partial charge in [0.05, 0.1) is 33.5 Å². The maximum Gasteiger partial charge on any atom is 0.309 e. The van der Waals surface area contributed by atoms with Gasteiger partial charge in [-0.1, -0.05) is 29.8 Å². The van der Waals surface area contributed by atoms with Crippen LogP contribution in [0.1, 0.15) is 41.1 Å². The molecule has 1 aliphatic heterocycles. The molecule has 1 unspecified atom stereocenters. The van der Waals surface area contributed by atoms with Crippen molar-refractivity contribution in [2.75, 3.05) is 18.0 Å². The van der Waals surface area contributed by atoms with E-state index >= 15 is 0 Å². The number of aliphatic hydroxyl groups excluding tert-OH is 1. The lowest BCUT2D eigenvalue weighted by Crippen LogP contribution is -2.47. The number of aliphatic carboxylic acids is 1. The first-order chi connectivity index (χ1) is 15.4. The van der Waals surface area contributed by atoms with Crippen molar-refractivity contribution in [1.82, 2.24) is 9.78 Å². The van der Waals surface area contributed by atoms with Gasteiger partial charge in [-0.2, -0.15) is 4.68 Å². The molecular weight excluding hydrogens is 437 g/mol. The first-order valence-corrected chi connectivity index (χ1v) is 10.9. The molecule has 2 heterocycles. The zero-order valence-corrected chi connectivity index (χ0v) is 17.8. The van der Waals surface area contributed by atoms with Crippen molar-refractivity contribution in [3.63, 3.8) is 0 Å². The van der Waals surface area contributed by atoms with Crippen LogP contribution in [0.15, 0.2) is 36.4 Å². The van der Waals surface area contributed by atoms with Crippen LogP contribution in [0.5, 0.6) is 0 Å². The number of carboxylic acids is 1. The SMILES string of the molecule is O=C(O)C1CCN(c2nn(C(=O)c3c(Cl)cccc3C3CC3)c3cccc(F)c23)C[C@@H]1O. The number of nitrogens with zero attached hydrogens (tertiary/aromatic N) is 3.